The van der Waals surface area contributed by atoms with Gasteiger partial charge in [-0.2, -0.15) is 4.99 Å². The molecule has 2 fully saturated rings. The predicted molar refractivity (Wildman–Crippen MR) is 191 cm³/mol. The van der Waals surface area contributed by atoms with Gasteiger partial charge in [-0.15, -0.1) is 0 Å². The van der Waals surface area contributed by atoms with Crippen LogP contribution in [0.25, 0.3) is 11.1 Å². The van der Waals surface area contributed by atoms with E-state index in [1.807, 2.05) is 19.1 Å². The highest BCUT2D eigenvalue weighted by atomic mass is 19.1. The minimum absolute atomic E-state index is 0.0803. The smallest absolute Gasteiger partial charge is 0.281 e. The highest BCUT2D eigenvalue weighted by Gasteiger charge is 2.22. The topological polar surface area (TPSA) is 129 Å². The Hall–Kier alpha value is -5.00. The second kappa shape index (κ2) is 14.6. The van der Waals surface area contributed by atoms with Crippen LogP contribution in [0.3, 0.4) is 0 Å². The molecule has 2 heterocycles. The van der Waals surface area contributed by atoms with Crippen LogP contribution in [0.2, 0.25) is 0 Å². The third kappa shape index (κ3) is 8.01. The largest absolute Gasteiger partial charge is 0.508 e. The first-order valence-corrected chi connectivity index (χ1v) is 16.5. The molecule has 1 amide bonds. The first-order valence-electron chi connectivity index (χ1n) is 16.5. The van der Waals surface area contributed by atoms with Gasteiger partial charge in [-0.1, -0.05) is 6.07 Å². The molecule has 4 aromatic carbocycles. The molecule has 0 atom stereocenters. The number of ether oxygens (including phenoxy) is 1. The summed E-state index contributed by atoms with van der Waals surface area (Å²) >= 11 is 0. The summed E-state index contributed by atoms with van der Waals surface area (Å²) in [5.74, 6) is -1.88. The van der Waals surface area contributed by atoms with Crippen molar-refractivity contribution in [2.24, 2.45) is 10.7 Å². The number of amidine groups is 1. The zero-order valence-electron chi connectivity index (χ0n) is 27.8. The summed E-state index contributed by atoms with van der Waals surface area (Å²) in [7, 11) is 2.11. The predicted octanol–water partition coefficient (Wildman–Crippen LogP) is 5.71. The Morgan fingerprint density at radius 3 is 2.35 bits per heavy atom. The number of hydrogen-bond donors (Lipinski definition) is 4. The van der Waals surface area contributed by atoms with Gasteiger partial charge in [-0.05, 0) is 116 Å². The van der Waals surface area contributed by atoms with Gasteiger partial charge in [0, 0.05) is 74.1 Å². The van der Waals surface area contributed by atoms with E-state index in [2.05, 4.69) is 27.2 Å². The number of amides is 1. The molecule has 0 saturated carbocycles. The van der Waals surface area contributed by atoms with E-state index in [0.717, 1.165) is 61.9 Å². The Balaban J connectivity index is 1.37. The number of anilines is 3. The zero-order valence-corrected chi connectivity index (χ0v) is 27.8. The molecule has 9 nitrogen and oxygen atoms in total. The number of aliphatic imine (C=N–C) groups is 1. The first-order chi connectivity index (χ1) is 23.5. The number of piperazine rings is 1. The monoisotopic (exact) mass is 668 g/mol. The van der Waals surface area contributed by atoms with Crippen molar-refractivity contribution in [2.75, 3.05) is 62.4 Å². The van der Waals surface area contributed by atoms with Crippen LogP contribution in [0.5, 0.6) is 5.75 Å². The Labute approximate surface area is 285 Å². The fourth-order valence-electron chi connectivity index (χ4n) is 6.55. The SMILES string of the molecule is Cc1cc(O)ccc1-c1cc(N)c(C(N)=NC(=O)c2ccc(N3CCN(C)CC3)cc2NC2CCOCC2)cc1Cc1cc(F)cc(F)c1. The van der Waals surface area contributed by atoms with E-state index in [-0.39, 0.29) is 29.7 Å². The molecule has 0 aromatic heterocycles. The highest BCUT2D eigenvalue weighted by Crippen LogP contribution is 2.34. The van der Waals surface area contributed by atoms with E-state index in [9.17, 15) is 18.7 Å². The van der Waals surface area contributed by atoms with Crippen molar-refractivity contribution in [3.8, 4) is 16.9 Å². The van der Waals surface area contributed by atoms with Crippen molar-refractivity contribution in [3.05, 3.63) is 106 Å². The second-order valence-corrected chi connectivity index (χ2v) is 12.9. The number of hydrogen-bond acceptors (Lipinski definition) is 7. The van der Waals surface area contributed by atoms with Gasteiger partial charge in [0.25, 0.3) is 5.91 Å². The molecule has 6 rings (SSSR count). The number of nitrogens with two attached hydrogens (primary N) is 2. The summed E-state index contributed by atoms with van der Waals surface area (Å²) in [5.41, 5.74) is 19.1. The number of phenolic OH excluding ortho intramolecular Hbond substituents is 1. The van der Waals surface area contributed by atoms with Crippen LogP contribution in [-0.4, -0.2) is 74.2 Å². The maximum Gasteiger partial charge on any atom is 0.281 e. The number of nitrogens with one attached hydrogen (secondary N) is 1. The van der Waals surface area contributed by atoms with Crippen LogP contribution in [0, 0.1) is 18.6 Å². The lowest BCUT2D eigenvalue weighted by molar-refractivity contribution is 0.0904. The molecule has 2 aliphatic heterocycles. The quantitative estimate of drug-likeness (QED) is 0.107. The van der Waals surface area contributed by atoms with Gasteiger partial charge >= 0.3 is 0 Å². The van der Waals surface area contributed by atoms with Crippen molar-refractivity contribution in [3.63, 3.8) is 0 Å². The Bertz CT molecular complexity index is 1860. The number of aromatic hydroxyl groups is 1. The number of nitrogens with zero attached hydrogens (tertiary/aromatic N) is 3. The number of aryl methyl sites for hydroxylation is 1. The lowest BCUT2D eigenvalue weighted by atomic mass is 9.90. The maximum absolute atomic E-state index is 14.2. The highest BCUT2D eigenvalue weighted by molar-refractivity contribution is 6.13. The number of carbonyl (C=O) groups excluding carboxylic acids is 1. The van der Waals surface area contributed by atoms with Gasteiger partial charge in [-0.25, -0.2) is 8.78 Å². The van der Waals surface area contributed by atoms with E-state index >= 15 is 0 Å². The molecule has 0 spiro atoms. The lowest BCUT2D eigenvalue weighted by Crippen LogP contribution is -2.44. The van der Waals surface area contributed by atoms with Gasteiger partial charge in [0.15, 0.2) is 0 Å². The molecule has 0 radical (unpaired) electrons. The van der Waals surface area contributed by atoms with Gasteiger partial charge < -0.3 is 36.4 Å². The normalized spacial score (nSPS) is 16.2. The molecule has 49 heavy (non-hydrogen) atoms. The first kappa shape index (κ1) is 33.9. The molecule has 256 valence electrons. The average Bonchev–Trinajstić information content (AvgIpc) is 3.06. The van der Waals surface area contributed by atoms with E-state index in [1.54, 1.807) is 36.4 Å². The maximum atomic E-state index is 14.2. The Morgan fingerprint density at radius 2 is 1.65 bits per heavy atom. The standard InChI is InChI=1S/C38H42F2N6O3/c1-23-15-30(47)4-6-31(23)33-22-35(41)34(19-25(33)16-24-17-26(39)20-27(40)18-24)37(42)44-38(48)32-5-3-29(46-11-9-45(2)10-12-46)21-36(32)43-28-7-13-49-14-8-28/h3-6,15,17-22,28,43,47H,7-14,16,41H2,1-2H3,(H2,42,44,48). The average molecular weight is 669 g/mol. The third-order valence-corrected chi connectivity index (χ3v) is 9.27. The fourth-order valence-corrected chi connectivity index (χ4v) is 6.55. The van der Waals surface area contributed by atoms with Crippen molar-refractivity contribution < 1.29 is 23.4 Å². The molecule has 0 unspecified atom stereocenters. The molecule has 4 aromatic rings. The van der Waals surface area contributed by atoms with Crippen molar-refractivity contribution in [1.29, 1.82) is 0 Å². The van der Waals surface area contributed by atoms with E-state index in [4.69, 9.17) is 16.2 Å². The molecule has 2 aliphatic rings. The van der Waals surface area contributed by atoms with E-state index < -0.39 is 17.5 Å². The molecular weight excluding hydrogens is 626 g/mol. The summed E-state index contributed by atoms with van der Waals surface area (Å²) in [4.78, 5) is 22.8. The van der Waals surface area contributed by atoms with Gasteiger partial charge in [0.2, 0.25) is 0 Å². The van der Waals surface area contributed by atoms with Crippen LogP contribution in [0.15, 0.2) is 71.7 Å². The summed E-state index contributed by atoms with van der Waals surface area (Å²) in [5, 5.41) is 13.6. The number of nitrogen functional groups attached to an aromatic ring is 1. The minimum atomic E-state index is -0.691. The van der Waals surface area contributed by atoms with Crippen molar-refractivity contribution in [1.82, 2.24) is 4.90 Å². The molecule has 0 aliphatic carbocycles. The van der Waals surface area contributed by atoms with Crippen molar-refractivity contribution >= 4 is 28.8 Å². The van der Waals surface area contributed by atoms with Crippen LogP contribution < -0.4 is 21.7 Å². The van der Waals surface area contributed by atoms with Crippen molar-refractivity contribution in [2.45, 2.75) is 32.2 Å². The third-order valence-electron chi connectivity index (χ3n) is 9.27. The number of likely N-dealkylation sites (N-methyl/N-ethyl adjacent to an activating group) is 1. The number of benzene rings is 4. The number of carbonyl (C=O) groups is 1. The van der Waals surface area contributed by atoms with E-state index in [0.29, 0.717) is 46.7 Å². The van der Waals surface area contributed by atoms with Gasteiger partial charge in [0.1, 0.15) is 23.2 Å². The lowest BCUT2D eigenvalue weighted by Gasteiger charge is -2.34. The summed E-state index contributed by atoms with van der Waals surface area (Å²) in [6.07, 6.45) is 1.78. The molecule has 0 bridgehead atoms. The molecular formula is C38H42F2N6O3. The number of phenols is 1. The van der Waals surface area contributed by atoms with Crippen LogP contribution in [0.1, 0.15) is 45.5 Å². The number of halogens is 2. The summed E-state index contributed by atoms with van der Waals surface area (Å²) in [6, 6.07) is 17.6. The summed E-state index contributed by atoms with van der Waals surface area (Å²) < 4.78 is 33.9. The Kier molecular flexibility index (Phi) is 10.1. The molecule has 11 heteroatoms. The molecule has 6 N–H and O–H groups in total. The van der Waals surface area contributed by atoms with Crippen LogP contribution >= 0.6 is 0 Å². The van der Waals surface area contributed by atoms with Crippen LogP contribution in [0.4, 0.5) is 25.8 Å². The zero-order chi connectivity index (χ0) is 34.7. The number of rotatable bonds is 8. The van der Waals surface area contributed by atoms with Gasteiger partial charge in [-0.3, -0.25) is 4.79 Å². The fraction of sp³-hybridized carbons (Fsp3) is 0.316. The van der Waals surface area contributed by atoms with E-state index in [1.165, 1.54) is 12.1 Å². The van der Waals surface area contributed by atoms with Crippen LogP contribution in [-0.2, 0) is 11.2 Å². The summed E-state index contributed by atoms with van der Waals surface area (Å²) in [6.45, 7) is 6.81. The molecule has 2 saturated heterocycles. The minimum Gasteiger partial charge on any atom is -0.508 e. The Morgan fingerprint density at radius 1 is 0.939 bits per heavy atom. The second-order valence-electron chi connectivity index (χ2n) is 12.9. The van der Waals surface area contributed by atoms with Gasteiger partial charge in [0.05, 0.1) is 5.56 Å².